The summed E-state index contributed by atoms with van der Waals surface area (Å²) in [6, 6.07) is 16.0. The van der Waals surface area contributed by atoms with Crippen molar-refractivity contribution in [2.75, 3.05) is 0 Å². The third-order valence-electron chi connectivity index (χ3n) is 6.33. The van der Waals surface area contributed by atoms with Gasteiger partial charge in [0.1, 0.15) is 0 Å². The fourth-order valence-electron chi connectivity index (χ4n) is 4.50. The lowest BCUT2D eigenvalue weighted by Gasteiger charge is -2.52. The molecule has 1 fully saturated rings. The van der Waals surface area contributed by atoms with Crippen molar-refractivity contribution in [3.63, 3.8) is 0 Å². The molecule has 2 aromatic rings. The topological polar surface area (TPSA) is 32.3 Å². The van der Waals surface area contributed by atoms with E-state index in [0.29, 0.717) is 0 Å². The van der Waals surface area contributed by atoms with Crippen LogP contribution in [0.15, 0.2) is 48.5 Å². The summed E-state index contributed by atoms with van der Waals surface area (Å²) >= 11 is 12.2. The molecule has 27 heavy (non-hydrogen) atoms. The maximum Gasteiger partial charge on any atom is 0.0734 e. The molecule has 0 spiro atoms. The Balaban J connectivity index is 2.01. The van der Waals surface area contributed by atoms with E-state index in [0.717, 1.165) is 40.4 Å². The largest absolute Gasteiger partial charge is 0.389 e. The number of hydrogen-bond acceptors (Lipinski definition) is 2. The summed E-state index contributed by atoms with van der Waals surface area (Å²) in [6.07, 6.45) is 2.90. The zero-order valence-corrected chi connectivity index (χ0v) is 17.8. The fourth-order valence-corrected chi connectivity index (χ4v) is 4.75. The Labute approximate surface area is 172 Å². The second-order valence-electron chi connectivity index (χ2n) is 7.90. The van der Waals surface area contributed by atoms with E-state index in [-0.39, 0.29) is 23.9 Å². The van der Waals surface area contributed by atoms with Gasteiger partial charge in [0.05, 0.1) is 5.60 Å². The van der Waals surface area contributed by atoms with Crippen molar-refractivity contribution in [1.29, 1.82) is 0 Å². The highest BCUT2D eigenvalue weighted by molar-refractivity contribution is 6.30. The van der Waals surface area contributed by atoms with Crippen LogP contribution in [-0.2, 0) is 0 Å². The van der Waals surface area contributed by atoms with E-state index in [2.05, 4.69) is 50.4 Å². The van der Waals surface area contributed by atoms with Crippen LogP contribution in [0.5, 0.6) is 0 Å². The summed E-state index contributed by atoms with van der Waals surface area (Å²) in [4.78, 5) is 0. The average Bonchev–Trinajstić information content (AvgIpc) is 2.67. The molecule has 1 aliphatic heterocycles. The lowest BCUT2D eigenvalue weighted by Crippen LogP contribution is -2.57. The van der Waals surface area contributed by atoms with Gasteiger partial charge < -0.3 is 10.4 Å². The van der Waals surface area contributed by atoms with Crippen molar-refractivity contribution in [3.05, 3.63) is 69.7 Å². The van der Waals surface area contributed by atoms with E-state index in [1.54, 1.807) is 0 Å². The summed E-state index contributed by atoms with van der Waals surface area (Å²) in [7, 11) is 0. The number of unbranched alkanes of at least 4 members (excludes halogenated alkanes) is 1. The van der Waals surface area contributed by atoms with Gasteiger partial charge >= 0.3 is 0 Å². The minimum Gasteiger partial charge on any atom is -0.389 e. The maximum absolute atomic E-state index is 11.8. The Morgan fingerprint density at radius 2 is 1.26 bits per heavy atom. The highest BCUT2D eigenvalue weighted by Gasteiger charge is 2.50. The first-order valence-electron chi connectivity index (χ1n) is 9.86. The number of hydrogen-bond donors (Lipinski definition) is 2. The van der Waals surface area contributed by atoms with E-state index in [9.17, 15) is 5.11 Å². The second kappa shape index (κ2) is 8.53. The Morgan fingerprint density at radius 1 is 0.852 bits per heavy atom. The number of halogens is 2. The Morgan fingerprint density at radius 3 is 1.63 bits per heavy atom. The SMILES string of the molecule is CCCCC1(O)C(C)C(c2ccc(Cl)cc2)NC(c2ccc(Cl)cc2)C1C. The monoisotopic (exact) mass is 405 g/mol. The van der Waals surface area contributed by atoms with Crippen LogP contribution in [0.2, 0.25) is 10.0 Å². The molecule has 4 atom stereocenters. The lowest BCUT2D eigenvalue weighted by molar-refractivity contribution is -0.117. The molecule has 0 radical (unpaired) electrons. The van der Waals surface area contributed by atoms with Gasteiger partial charge in [0.2, 0.25) is 0 Å². The Kier molecular flexibility index (Phi) is 6.53. The van der Waals surface area contributed by atoms with E-state index in [4.69, 9.17) is 23.2 Å². The number of benzene rings is 2. The molecule has 2 nitrogen and oxygen atoms in total. The molecule has 2 N–H and O–H groups in total. The zero-order chi connectivity index (χ0) is 19.6. The quantitative estimate of drug-likeness (QED) is 0.588. The third-order valence-corrected chi connectivity index (χ3v) is 6.83. The first-order chi connectivity index (χ1) is 12.9. The van der Waals surface area contributed by atoms with Gasteiger partial charge in [-0.15, -0.1) is 0 Å². The minimum atomic E-state index is -0.740. The molecule has 1 aliphatic rings. The van der Waals surface area contributed by atoms with Crippen LogP contribution in [0.3, 0.4) is 0 Å². The fraction of sp³-hybridized carbons (Fsp3) is 0.478. The predicted octanol–water partition coefficient (Wildman–Crippen LogP) is 6.57. The van der Waals surface area contributed by atoms with Crippen LogP contribution in [-0.4, -0.2) is 10.7 Å². The van der Waals surface area contributed by atoms with E-state index in [1.165, 1.54) is 0 Å². The van der Waals surface area contributed by atoms with E-state index in [1.807, 2.05) is 24.3 Å². The van der Waals surface area contributed by atoms with Gasteiger partial charge in [-0.2, -0.15) is 0 Å². The van der Waals surface area contributed by atoms with Crippen LogP contribution < -0.4 is 5.32 Å². The second-order valence-corrected chi connectivity index (χ2v) is 8.77. The molecule has 146 valence electrons. The standard InChI is InChI=1S/C23H29Cl2NO/c1-4-5-14-23(27)15(2)21(17-6-10-19(24)11-7-17)26-22(16(23)3)18-8-12-20(25)13-9-18/h6-13,15-16,21-22,26-27H,4-5,14H2,1-3H3. The van der Waals surface area contributed by atoms with E-state index >= 15 is 0 Å². The minimum absolute atomic E-state index is 0.0565. The predicted molar refractivity (Wildman–Crippen MR) is 114 cm³/mol. The summed E-state index contributed by atoms with van der Waals surface area (Å²) in [5.41, 5.74) is 1.58. The molecule has 4 unspecified atom stereocenters. The lowest BCUT2D eigenvalue weighted by atomic mass is 9.64. The molecule has 0 bridgehead atoms. The van der Waals surface area contributed by atoms with Gasteiger partial charge in [-0.3, -0.25) is 0 Å². The average molecular weight is 406 g/mol. The highest BCUT2D eigenvalue weighted by atomic mass is 35.5. The molecule has 3 rings (SSSR count). The summed E-state index contributed by atoms with van der Waals surface area (Å²) in [6.45, 7) is 6.50. The van der Waals surface area contributed by atoms with Crippen LogP contribution in [0.1, 0.15) is 63.2 Å². The van der Waals surface area contributed by atoms with E-state index < -0.39 is 5.60 Å². The molecule has 0 aliphatic carbocycles. The maximum atomic E-state index is 11.8. The molecule has 0 amide bonds. The molecule has 0 aromatic heterocycles. The smallest absolute Gasteiger partial charge is 0.0734 e. The summed E-state index contributed by atoms with van der Waals surface area (Å²) < 4.78 is 0. The van der Waals surface area contributed by atoms with Gasteiger partial charge in [0.25, 0.3) is 0 Å². The van der Waals surface area contributed by atoms with Gasteiger partial charge in [-0.05, 0) is 41.8 Å². The van der Waals surface area contributed by atoms with Gasteiger partial charge in [-0.1, -0.05) is 81.1 Å². The molecule has 4 heteroatoms. The molecule has 2 aromatic carbocycles. The van der Waals surface area contributed by atoms with Crippen LogP contribution in [0, 0.1) is 11.8 Å². The normalized spacial score (nSPS) is 31.0. The van der Waals surface area contributed by atoms with Crippen molar-refractivity contribution in [2.45, 2.75) is 57.7 Å². The summed E-state index contributed by atoms with van der Waals surface area (Å²) in [5.74, 6) is 0.174. The zero-order valence-electron chi connectivity index (χ0n) is 16.3. The molecular weight excluding hydrogens is 377 g/mol. The van der Waals surface area contributed by atoms with Crippen molar-refractivity contribution in [3.8, 4) is 0 Å². The first kappa shape index (κ1) is 20.7. The van der Waals surface area contributed by atoms with Crippen LogP contribution >= 0.6 is 23.2 Å². The molecule has 0 saturated carbocycles. The number of rotatable bonds is 5. The third kappa shape index (κ3) is 4.19. The van der Waals surface area contributed by atoms with Crippen molar-refractivity contribution in [1.82, 2.24) is 5.32 Å². The van der Waals surface area contributed by atoms with Crippen LogP contribution in [0.4, 0.5) is 0 Å². The molecule has 1 saturated heterocycles. The highest BCUT2D eigenvalue weighted by Crippen LogP contribution is 2.49. The number of piperidine rings is 1. The van der Waals surface area contributed by atoms with Crippen molar-refractivity contribution >= 4 is 23.2 Å². The van der Waals surface area contributed by atoms with Crippen LogP contribution in [0.25, 0.3) is 0 Å². The first-order valence-corrected chi connectivity index (χ1v) is 10.6. The summed E-state index contributed by atoms with van der Waals surface area (Å²) in [5, 5.41) is 17.1. The number of aliphatic hydroxyl groups is 1. The molecular formula is C23H29Cl2NO. The Bertz CT molecular complexity index is 686. The van der Waals surface area contributed by atoms with Crippen molar-refractivity contribution in [2.24, 2.45) is 11.8 Å². The van der Waals surface area contributed by atoms with Crippen molar-refractivity contribution < 1.29 is 5.11 Å². The van der Waals surface area contributed by atoms with Gasteiger partial charge in [0.15, 0.2) is 0 Å². The molecule has 1 heterocycles. The number of nitrogens with one attached hydrogen (secondary N) is 1. The Hall–Kier alpha value is -1.06. The van der Waals surface area contributed by atoms with Gasteiger partial charge in [-0.25, -0.2) is 0 Å². The van der Waals surface area contributed by atoms with Gasteiger partial charge in [0, 0.05) is 34.0 Å².